The lowest BCUT2D eigenvalue weighted by atomic mass is 10.2. The zero-order chi connectivity index (χ0) is 13.5. The van der Waals surface area contributed by atoms with Gasteiger partial charge in [-0.15, -0.1) is 0 Å². The molecule has 4 heteroatoms. The number of hydrogen-bond acceptors (Lipinski definition) is 4. The molecule has 0 heterocycles. The predicted octanol–water partition coefficient (Wildman–Crippen LogP) is 1.92. The third kappa shape index (κ3) is 1.02. The van der Waals surface area contributed by atoms with Gasteiger partial charge in [0.1, 0.15) is 0 Å². The third-order valence-electron chi connectivity index (χ3n) is 6.12. The van der Waals surface area contributed by atoms with E-state index in [4.69, 9.17) is 9.47 Å². The van der Waals surface area contributed by atoms with Crippen LogP contribution in [0.15, 0.2) is 0 Å². The van der Waals surface area contributed by atoms with Crippen molar-refractivity contribution in [2.24, 2.45) is 28.1 Å². The number of esters is 2. The van der Waals surface area contributed by atoms with Crippen LogP contribution in [0.4, 0.5) is 0 Å². The van der Waals surface area contributed by atoms with E-state index in [1.165, 1.54) is 0 Å². The molecule has 0 amide bonds. The van der Waals surface area contributed by atoms with E-state index in [0.717, 1.165) is 25.7 Å². The molecule has 3 spiro atoms. The average Bonchev–Trinajstić information content (AvgIpc) is 3.21. The van der Waals surface area contributed by atoms with Crippen molar-refractivity contribution >= 4 is 11.9 Å². The van der Waals surface area contributed by atoms with Gasteiger partial charge in [-0.2, -0.15) is 0 Å². The largest absolute Gasteiger partial charge is 0.466 e. The van der Waals surface area contributed by atoms with Gasteiger partial charge in [0.15, 0.2) is 0 Å². The molecule has 4 rings (SSSR count). The summed E-state index contributed by atoms with van der Waals surface area (Å²) in [6, 6.07) is 0. The summed E-state index contributed by atoms with van der Waals surface area (Å²) in [6.45, 7) is 4.54. The van der Waals surface area contributed by atoms with Gasteiger partial charge in [-0.05, 0) is 50.4 Å². The van der Waals surface area contributed by atoms with Crippen molar-refractivity contribution in [3.8, 4) is 0 Å². The molecule has 0 aromatic heterocycles. The number of ether oxygens (including phenoxy) is 2. The molecule has 2 atom stereocenters. The molecule has 0 saturated heterocycles. The van der Waals surface area contributed by atoms with Crippen molar-refractivity contribution in [2.75, 3.05) is 13.2 Å². The smallest absolute Gasteiger partial charge is 0.310 e. The monoisotopic (exact) mass is 264 g/mol. The van der Waals surface area contributed by atoms with Gasteiger partial charge >= 0.3 is 11.9 Å². The predicted molar refractivity (Wildman–Crippen MR) is 66.0 cm³/mol. The third-order valence-corrected chi connectivity index (χ3v) is 6.12. The van der Waals surface area contributed by atoms with Crippen molar-refractivity contribution in [3.63, 3.8) is 0 Å². The van der Waals surface area contributed by atoms with E-state index < -0.39 is 0 Å². The molecule has 104 valence electrons. The number of fused-ring (bicyclic) bond motifs is 2. The fraction of sp³-hybridized carbons (Fsp3) is 0.867. The van der Waals surface area contributed by atoms with Crippen molar-refractivity contribution < 1.29 is 19.1 Å². The normalized spacial score (nSPS) is 41.2. The molecule has 4 aliphatic carbocycles. The lowest BCUT2D eigenvalue weighted by Crippen LogP contribution is -2.12. The van der Waals surface area contributed by atoms with E-state index in [1.54, 1.807) is 0 Å². The Morgan fingerprint density at radius 3 is 1.53 bits per heavy atom. The first-order valence-corrected chi connectivity index (χ1v) is 7.45. The summed E-state index contributed by atoms with van der Waals surface area (Å²) < 4.78 is 10.5. The number of carbonyl (C=O) groups is 2. The van der Waals surface area contributed by atoms with Crippen LogP contribution in [-0.2, 0) is 19.1 Å². The van der Waals surface area contributed by atoms with E-state index in [-0.39, 0.29) is 40.0 Å². The van der Waals surface area contributed by atoms with E-state index >= 15 is 0 Å². The standard InChI is InChI=1S/C15H20O4/c1-3-18-11(16)9-13(5-6-13)15(9)10(12(17)19-4-2)14(15)7-8-14/h9-10H,3-8H2,1-2H3/t9-,10-,15?/m0/s1. The summed E-state index contributed by atoms with van der Waals surface area (Å²) >= 11 is 0. The van der Waals surface area contributed by atoms with Crippen molar-refractivity contribution in [1.29, 1.82) is 0 Å². The van der Waals surface area contributed by atoms with Crippen LogP contribution < -0.4 is 0 Å². The van der Waals surface area contributed by atoms with Gasteiger partial charge in [-0.1, -0.05) is 0 Å². The SMILES string of the molecule is CCOC(=O)[C@H]1C2(CC2)C12[C@@H](C(=O)OCC)C21CC1. The van der Waals surface area contributed by atoms with Gasteiger partial charge in [-0.3, -0.25) is 9.59 Å². The summed E-state index contributed by atoms with van der Waals surface area (Å²) in [5, 5.41) is 0. The van der Waals surface area contributed by atoms with Crippen LogP contribution in [0, 0.1) is 28.1 Å². The topological polar surface area (TPSA) is 52.6 Å². The van der Waals surface area contributed by atoms with Crippen molar-refractivity contribution in [2.45, 2.75) is 39.5 Å². The highest BCUT2D eigenvalue weighted by molar-refractivity contribution is 5.91. The van der Waals surface area contributed by atoms with Crippen molar-refractivity contribution in [1.82, 2.24) is 0 Å². The van der Waals surface area contributed by atoms with E-state index in [2.05, 4.69) is 0 Å². The molecule has 0 aromatic rings. The minimum atomic E-state index is -0.0712. The van der Waals surface area contributed by atoms with E-state index in [1.807, 2.05) is 13.8 Å². The second kappa shape index (κ2) is 3.15. The molecule has 4 fully saturated rings. The molecular weight excluding hydrogens is 244 g/mol. The Balaban J connectivity index is 1.62. The van der Waals surface area contributed by atoms with Gasteiger partial charge in [0.25, 0.3) is 0 Å². The Bertz CT molecular complexity index is 429. The van der Waals surface area contributed by atoms with Crippen LogP contribution in [0.1, 0.15) is 39.5 Å². The van der Waals surface area contributed by atoms with Crippen LogP contribution in [-0.4, -0.2) is 25.2 Å². The molecule has 0 aromatic carbocycles. The lowest BCUT2D eigenvalue weighted by Gasteiger charge is -2.00. The lowest BCUT2D eigenvalue weighted by molar-refractivity contribution is -0.146. The van der Waals surface area contributed by atoms with E-state index in [0.29, 0.717) is 13.2 Å². The molecule has 0 radical (unpaired) electrons. The first-order valence-electron chi connectivity index (χ1n) is 7.45. The van der Waals surface area contributed by atoms with E-state index in [9.17, 15) is 9.59 Å². The molecule has 4 aliphatic rings. The summed E-state index contributed by atoms with van der Waals surface area (Å²) in [5.41, 5.74) is 0.179. The second-order valence-corrected chi connectivity index (χ2v) is 6.55. The maximum atomic E-state index is 12.2. The summed E-state index contributed by atoms with van der Waals surface area (Å²) in [5.74, 6) is -0.176. The summed E-state index contributed by atoms with van der Waals surface area (Å²) in [7, 11) is 0. The van der Waals surface area contributed by atoms with Gasteiger partial charge in [0, 0.05) is 5.41 Å². The Labute approximate surface area is 112 Å². The van der Waals surface area contributed by atoms with Crippen LogP contribution in [0.25, 0.3) is 0 Å². The Kier molecular flexibility index (Phi) is 1.95. The first kappa shape index (κ1) is 11.7. The quantitative estimate of drug-likeness (QED) is 0.728. The zero-order valence-electron chi connectivity index (χ0n) is 11.5. The molecule has 0 bridgehead atoms. The fourth-order valence-corrected chi connectivity index (χ4v) is 5.43. The molecule has 0 unspecified atom stereocenters. The highest BCUT2D eigenvalue weighted by Gasteiger charge is 3.06. The van der Waals surface area contributed by atoms with Gasteiger partial charge in [0.05, 0.1) is 25.0 Å². The zero-order valence-corrected chi connectivity index (χ0v) is 11.5. The summed E-state index contributed by atoms with van der Waals surface area (Å²) in [6.07, 6.45) is 4.37. The van der Waals surface area contributed by atoms with Crippen LogP contribution in [0.2, 0.25) is 0 Å². The number of carbonyl (C=O) groups excluding carboxylic acids is 2. The van der Waals surface area contributed by atoms with Crippen LogP contribution >= 0.6 is 0 Å². The molecule has 4 nitrogen and oxygen atoms in total. The Hall–Kier alpha value is -1.06. The Morgan fingerprint density at radius 2 is 1.26 bits per heavy atom. The first-order chi connectivity index (χ1) is 9.12. The fourth-order valence-electron chi connectivity index (χ4n) is 5.43. The maximum absolute atomic E-state index is 12.2. The van der Waals surface area contributed by atoms with Gasteiger partial charge < -0.3 is 9.47 Å². The van der Waals surface area contributed by atoms with Gasteiger partial charge in [-0.25, -0.2) is 0 Å². The molecule has 0 aliphatic heterocycles. The highest BCUT2D eigenvalue weighted by atomic mass is 16.5. The molecule has 0 N–H and O–H groups in total. The van der Waals surface area contributed by atoms with Gasteiger partial charge in [0.2, 0.25) is 0 Å². The summed E-state index contributed by atoms with van der Waals surface area (Å²) in [4.78, 5) is 24.4. The van der Waals surface area contributed by atoms with Crippen LogP contribution in [0.3, 0.4) is 0 Å². The minimum Gasteiger partial charge on any atom is -0.466 e. The number of rotatable bonds is 4. The number of hydrogen-bond donors (Lipinski definition) is 0. The molecular formula is C15H20O4. The minimum absolute atomic E-state index is 0.0168. The Morgan fingerprint density at radius 1 is 0.895 bits per heavy atom. The molecule has 19 heavy (non-hydrogen) atoms. The highest BCUT2D eigenvalue weighted by Crippen LogP contribution is 3.06. The molecule has 4 saturated carbocycles. The average molecular weight is 264 g/mol. The van der Waals surface area contributed by atoms with Crippen molar-refractivity contribution in [3.05, 3.63) is 0 Å². The van der Waals surface area contributed by atoms with Crippen LogP contribution in [0.5, 0.6) is 0 Å². The maximum Gasteiger partial charge on any atom is 0.310 e. The second-order valence-electron chi connectivity index (χ2n) is 6.55.